The van der Waals surface area contributed by atoms with Gasteiger partial charge in [-0.25, -0.2) is 14.5 Å². The van der Waals surface area contributed by atoms with Crippen LogP contribution in [0, 0.1) is 0 Å². The van der Waals surface area contributed by atoms with Crippen molar-refractivity contribution < 1.29 is 19.1 Å². The third-order valence-electron chi connectivity index (χ3n) is 6.03. The molecule has 2 heterocycles. The number of carbonyl (C=O) groups excluding carboxylic acids is 2. The molecule has 0 atom stereocenters. The summed E-state index contributed by atoms with van der Waals surface area (Å²) in [6.45, 7) is 8.25. The first-order valence-electron chi connectivity index (χ1n) is 11.8. The Morgan fingerprint density at radius 3 is 2.44 bits per heavy atom. The highest BCUT2D eigenvalue weighted by atomic mass is 16.5. The molecule has 1 amide bonds. The van der Waals surface area contributed by atoms with E-state index in [4.69, 9.17) is 14.5 Å². The Hall–Kier alpha value is -3.42. The highest BCUT2D eigenvalue weighted by Gasteiger charge is 2.33. The Labute approximate surface area is 199 Å². The number of hydrogen-bond donors (Lipinski definition) is 0. The van der Waals surface area contributed by atoms with Crippen molar-refractivity contribution in [3.8, 4) is 5.75 Å². The molecular weight excluding hydrogens is 432 g/mol. The van der Waals surface area contributed by atoms with Crippen LogP contribution in [0.1, 0.15) is 74.1 Å². The summed E-state index contributed by atoms with van der Waals surface area (Å²) in [5.41, 5.74) is 2.83. The standard InChI is InChI=1S/C26H32N4O4/c1-16(2)23-12-21(22-13-27-30(17(3)4)25(22)28-23)26(32)34-15-24(31)29(19-8-9-19)14-18-6-10-20(33-5)11-7-18/h6-7,10-13,16-17,19H,8-9,14-15H2,1-5H3. The fraction of sp³-hybridized carbons (Fsp3) is 0.462. The van der Waals surface area contributed by atoms with Crippen LogP contribution in [0.3, 0.4) is 0 Å². The van der Waals surface area contributed by atoms with Crippen LogP contribution in [0.15, 0.2) is 36.5 Å². The molecule has 34 heavy (non-hydrogen) atoms. The molecule has 1 saturated carbocycles. The first-order chi connectivity index (χ1) is 16.3. The molecule has 1 aromatic carbocycles. The van der Waals surface area contributed by atoms with E-state index in [1.54, 1.807) is 29.0 Å². The van der Waals surface area contributed by atoms with Gasteiger partial charge in [0, 0.05) is 24.3 Å². The summed E-state index contributed by atoms with van der Waals surface area (Å²) >= 11 is 0. The zero-order valence-corrected chi connectivity index (χ0v) is 20.4. The lowest BCUT2D eigenvalue weighted by atomic mass is 10.1. The molecule has 4 rings (SSSR count). The monoisotopic (exact) mass is 464 g/mol. The average Bonchev–Trinajstić information content (AvgIpc) is 3.57. The molecule has 1 fully saturated rings. The maximum Gasteiger partial charge on any atom is 0.339 e. The van der Waals surface area contributed by atoms with E-state index in [2.05, 4.69) is 5.10 Å². The molecule has 180 valence electrons. The number of benzene rings is 1. The van der Waals surface area contributed by atoms with Crippen molar-refractivity contribution in [3.63, 3.8) is 0 Å². The number of methoxy groups -OCH3 is 1. The van der Waals surface area contributed by atoms with Gasteiger partial charge in [0.1, 0.15) is 5.75 Å². The molecular formula is C26H32N4O4. The van der Waals surface area contributed by atoms with Crippen molar-refractivity contribution in [2.24, 2.45) is 0 Å². The van der Waals surface area contributed by atoms with E-state index in [1.165, 1.54) is 0 Å². The van der Waals surface area contributed by atoms with E-state index < -0.39 is 5.97 Å². The van der Waals surface area contributed by atoms with Gasteiger partial charge in [0.15, 0.2) is 12.3 Å². The summed E-state index contributed by atoms with van der Waals surface area (Å²) in [5.74, 6) is 0.167. The molecule has 1 aliphatic rings. The number of amides is 1. The van der Waals surface area contributed by atoms with E-state index in [9.17, 15) is 9.59 Å². The average molecular weight is 465 g/mol. The summed E-state index contributed by atoms with van der Waals surface area (Å²) in [7, 11) is 1.62. The Morgan fingerprint density at radius 1 is 1.15 bits per heavy atom. The number of rotatable bonds is 9. The van der Waals surface area contributed by atoms with Gasteiger partial charge in [-0.1, -0.05) is 26.0 Å². The second kappa shape index (κ2) is 9.83. The fourth-order valence-corrected chi connectivity index (χ4v) is 3.90. The molecule has 0 saturated heterocycles. The number of fused-ring (bicyclic) bond motifs is 1. The lowest BCUT2D eigenvalue weighted by Gasteiger charge is -2.22. The smallest absolute Gasteiger partial charge is 0.339 e. The SMILES string of the molecule is COc1ccc(CN(C(=O)COC(=O)c2cc(C(C)C)nc3c2cnn3C(C)C)C2CC2)cc1. The second-order valence-corrected chi connectivity index (χ2v) is 9.35. The Kier molecular flexibility index (Phi) is 6.86. The predicted molar refractivity (Wildman–Crippen MR) is 129 cm³/mol. The number of pyridine rings is 1. The summed E-state index contributed by atoms with van der Waals surface area (Å²) in [4.78, 5) is 32.6. The van der Waals surface area contributed by atoms with Crippen LogP contribution in [-0.4, -0.2) is 51.3 Å². The van der Waals surface area contributed by atoms with E-state index in [0.29, 0.717) is 23.1 Å². The molecule has 0 spiro atoms. The number of aromatic nitrogens is 3. The number of ether oxygens (including phenoxy) is 2. The van der Waals surface area contributed by atoms with Crippen LogP contribution in [0.4, 0.5) is 0 Å². The minimum Gasteiger partial charge on any atom is -0.497 e. The van der Waals surface area contributed by atoms with Crippen LogP contribution < -0.4 is 4.74 Å². The summed E-state index contributed by atoms with van der Waals surface area (Å²) in [5, 5.41) is 5.05. The van der Waals surface area contributed by atoms with Crippen LogP contribution in [-0.2, 0) is 16.1 Å². The van der Waals surface area contributed by atoms with Crippen LogP contribution in [0.2, 0.25) is 0 Å². The molecule has 8 nitrogen and oxygen atoms in total. The first kappa shape index (κ1) is 23.7. The van der Waals surface area contributed by atoms with Gasteiger partial charge in [-0.3, -0.25) is 4.79 Å². The Morgan fingerprint density at radius 2 is 1.85 bits per heavy atom. The zero-order valence-electron chi connectivity index (χ0n) is 20.4. The van der Waals surface area contributed by atoms with Crippen molar-refractivity contribution in [2.75, 3.05) is 13.7 Å². The molecule has 0 aliphatic heterocycles. The number of carbonyl (C=O) groups is 2. The van der Waals surface area contributed by atoms with Crippen molar-refractivity contribution in [2.45, 2.75) is 65.1 Å². The highest BCUT2D eigenvalue weighted by molar-refractivity contribution is 6.03. The highest BCUT2D eigenvalue weighted by Crippen LogP contribution is 2.29. The van der Waals surface area contributed by atoms with E-state index in [1.807, 2.05) is 52.0 Å². The summed E-state index contributed by atoms with van der Waals surface area (Å²) < 4.78 is 12.5. The lowest BCUT2D eigenvalue weighted by molar-refractivity contribution is -0.135. The number of hydrogen-bond acceptors (Lipinski definition) is 6. The van der Waals surface area contributed by atoms with Gasteiger partial charge < -0.3 is 14.4 Å². The van der Waals surface area contributed by atoms with E-state index >= 15 is 0 Å². The molecule has 0 radical (unpaired) electrons. The van der Waals surface area contributed by atoms with Crippen molar-refractivity contribution in [3.05, 3.63) is 53.3 Å². The maximum absolute atomic E-state index is 13.1. The van der Waals surface area contributed by atoms with Gasteiger partial charge in [0.05, 0.1) is 24.3 Å². The third-order valence-corrected chi connectivity index (χ3v) is 6.03. The van der Waals surface area contributed by atoms with Crippen molar-refractivity contribution in [1.82, 2.24) is 19.7 Å². The van der Waals surface area contributed by atoms with Gasteiger partial charge in [0.25, 0.3) is 5.91 Å². The van der Waals surface area contributed by atoms with Crippen LogP contribution in [0.5, 0.6) is 5.75 Å². The number of esters is 1. The molecule has 0 N–H and O–H groups in total. The molecule has 0 bridgehead atoms. The topological polar surface area (TPSA) is 86.5 Å². The third kappa shape index (κ3) is 5.05. The lowest BCUT2D eigenvalue weighted by Crippen LogP contribution is -2.36. The fourth-order valence-electron chi connectivity index (χ4n) is 3.90. The van der Waals surface area contributed by atoms with Crippen molar-refractivity contribution >= 4 is 22.9 Å². The molecule has 2 aromatic heterocycles. The van der Waals surface area contributed by atoms with Crippen molar-refractivity contribution in [1.29, 1.82) is 0 Å². The van der Waals surface area contributed by atoms with Crippen LogP contribution >= 0.6 is 0 Å². The molecule has 0 unspecified atom stereocenters. The predicted octanol–water partition coefficient (Wildman–Crippen LogP) is 4.49. The largest absolute Gasteiger partial charge is 0.497 e. The Bertz CT molecular complexity index is 1180. The zero-order chi connectivity index (χ0) is 24.4. The summed E-state index contributed by atoms with van der Waals surface area (Å²) in [6, 6.07) is 9.69. The molecule has 1 aliphatic carbocycles. The minimum atomic E-state index is -0.536. The first-order valence-corrected chi connectivity index (χ1v) is 11.8. The van der Waals surface area contributed by atoms with Gasteiger partial charge in [-0.15, -0.1) is 0 Å². The minimum absolute atomic E-state index is 0.0999. The summed E-state index contributed by atoms with van der Waals surface area (Å²) in [6.07, 6.45) is 3.57. The van der Waals surface area contributed by atoms with E-state index in [-0.39, 0.29) is 30.5 Å². The van der Waals surface area contributed by atoms with Gasteiger partial charge in [0.2, 0.25) is 0 Å². The normalized spacial score (nSPS) is 13.5. The molecule has 3 aromatic rings. The van der Waals surface area contributed by atoms with Gasteiger partial charge in [-0.2, -0.15) is 5.10 Å². The maximum atomic E-state index is 13.1. The number of nitrogens with zero attached hydrogens (tertiary/aromatic N) is 4. The van der Waals surface area contributed by atoms with Crippen LogP contribution in [0.25, 0.3) is 11.0 Å². The quantitative estimate of drug-likeness (QED) is 0.434. The Balaban J connectivity index is 1.50. The van der Waals surface area contributed by atoms with Gasteiger partial charge in [-0.05, 0) is 56.4 Å². The second-order valence-electron chi connectivity index (χ2n) is 9.35. The van der Waals surface area contributed by atoms with E-state index in [0.717, 1.165) is 29.8 Å². The molecule has 8 heteroatoms. The van der Waals surface area contributed by atoms with Gasteiger partial charge >= 0.3 is 5.97 Å².